The summed E-state index contributed by atoms with van der Waals surface area (Å²) in [4.78, 5) is 19.2. The molecule has 5 atom stereocenters. The number of aliphatic hydroxyl groups is 1. The SMILES string of the molecule is COC1C(Nc2nc(NC(C)c3ccc(C)cc3)nc(C)c2-c2nc3cnccc3s2)CC(CO[Si](O[Si](C(C)C)C(C)C)(C(C)C)C(C)C)C1O. The fourth-order valence-corrected chi connectivity index (χ4v) is 17.8. The molecule has 3 N–H and O–H groups in total. The Morgan fingerprint density at radius 2 is 1.62 bits per heavy atom. The van der Waals surface area contributed by atoms with Gasteiger partial charge in [-0.3, -0.25) is 4.98 Å². The molecule has 0 aliphatic heterocycles. The Labute approximate surface area is 317 Å². The summed E-state index contributed by atoms with van der Waals surface area (Å²) in [5.41, 5.74) is 6.28. The molecule has 52 heavy (non-hydrogen) atoms. The van der Waals surface area contributed by atoms with Crippen molar-refractivity contribution in [2.45, 2.75) is 129 Å². The number of fused-ring (bicyclic) bond motifs is 1. The number of benzene rings is 1. The van der Waals surface area contributed by atoms with Crippen molar-refractivity contribution >= 4 is 50.9 Å². The fraction of sp³-hybridized carbons (Fsp3) is 0.590. The standard InChI is InChI=1S/C39H59N6O4SSi2/c1-22(2)51(23(3)4)49-52(24(5)6,25(7)8)48-21-30-19-31(36(47-12)35(30)46)43-37-34(38-44-32-20-40-18-17-33(32)50-38)28(11)42-39(45-37)41-27(10)29-15-13-26(9)14-16-29/h13-18,20,22-25,27,30-31,35-36,46H,19,21H2,1-12H3,(H2,41,42,43,45). The topological polar surface area (TPSA) is 124 Å². The van der Waals surface area contributed by atoms with E-state index in [1.165, 1.54) is 5.56 Å². The van der Waals surface area contributed by atoms with Gasteiger partial charge in [0.25, 0.3) is 0 Å². The minimum absolute atomic E-state index is 0.0180. The van der Waals surface area contributed by atoms with Crippen molar-refractivity contribution in [2.75, 3.05) is 24.4 Å². The number of thiazole rings is 1. The normalized spacial score (nSPS) is 20.3. The highest BCUT2D eigenvalue weighted by atomic mass is 32.1. The van der Waals surface area contributed by atoms with Crippen molar-refractivity contribution in [3.63, 3.8) is 0 Å². The van der Waals surface area contributed by atoms with Gasteiger partial charge in [-0.25, -0.2) is 9.97 Å². The Morgan fingerprint density at radius 1 is 0.942 bits per heavy atom. The largest absolute Gasteiger partial charge is 0.435 e. The Balaban J connectivity index is 1.45. The first kappa shape index (κ1) is 40.4. The van der Waals surface area contributed by atoms with E-state index in [2.05, 4.69) is 109 Å². The van der Waals surface area contributed by atoms with Gasteiger partial charge in [-0.05, 0) is 61.0 Å². The molecule has 1 saturated carbocycles. The highest BCUT2D eigenvalue weighted by Crippen LogP contribution is 2.42. The first-order valence-corrected chi connectivity index (χ1v) is 23.1. The van der Waals surface area contributed by atoms with Gasteiger partial charge >= 0.3 is 8.56 Å². The summed E-state index contributed by atoms with van der Waals surface area (Å²) in [6.07, 6.45) is 3.01. The number of hydrogen-bond acceptors (Lipinski definition) is 11. The van der Waals surface area contributed by atoms with Crippen LogP contribution in [-0.2, 0) is 13.3 Å². The Hall–Kier alpha value is -2.79. The van der Waals surface area contributed by atoms with Crippen LogP contribution in [0.3, 0.4) is 0 Å². The number of ether oxygens (including phenoxy) is 1. The zero-order valence-electron chi connectivity index (χ0n) is 33.0. The van der Waals surface area contributed by atoms with E-state index in [1.54, 1.807) is 30.8 Å². The molecule has 13 heteroatoms. The summed E-state index contributed by atoms with van der Waals surface area (Å²) in [7, 11) is -2.12. The van der Waals surface area contributed by atoms with Crippen LogP contribution in [-0.4, -0.2) is 74.6 Å². The van der Waals surface area contributed by atoms with E-state index in [4.69, 9.17) is 28.2 Å². The molecule has 0 bridgehead atoms. The van der Waals surface area contributed by atoms with E-state index >= 15 is 0 Å². The number of aryl methyl sites for hydroxylation is 2. The second-order valence-electron chi connectivity index (χ2n) is 15.6. The molecular formula is C39H59N6O4SSi2. The molecule has 3 aromatic heterocycles. The van der Waals surface area contributed by atoms with Crippen LogP contribution in [0.4, 0.5) is 11.8 Å². The lowest BCUT2D eigenvalue weighted by atomic mass is 10.1. The molecule has 1 aromatic carbocycles. The third kappa shape index (κ3) is 8.77. The van der Waals surface area contributed by atoms with Gasteiger partial charge in [-0.1, -0.05) is 85.2 Å². The second kappa shape index (κ2) is 17.1. The fourth-order valence-electron chi connectivity index (χ4n) is 7.50. The number of pyridine rings is 1. The Kier molecular flexibility index (Phi) is 13.3. The summed E-state index contributed by atoms with van der Waals surface area (Å²) < 4.78 is 21.3. The van der Waals surface area contributed by atoms with Gasteiger partial charge in [0.2, 0.25) is 15.0 Å². The predicted octanol–water partition coefficient (Wildman–Crippen LogP) is 9.22. The predicted molar refractivity (Wildman–Crippen MR) is 218 cm³/mol. The highest BCUT2D eigenvalue weighted by Gasteiger charge is 2.50. The van der Waals surface area contributed by atoms with Gasteiger partial charge in [-0.15, -0.1) is 11.3 Å². The molecule has 1 fully saturated rings. The van der Waals surface area contributed by atoms with E-state index in [0.717, 1.165) is 32.0 Å². The number of aromatic nitrogens is 4. The molecular weight excluding hydrogens is 705 g/mol. The van der Waals surface area contributed by atoms with Crippen molar-refractivity contribution in [1.29, 1.82) is 0 Å². The van der Waals surface area contributed by atoms with Crippen molar-refractivity contribution in [2.24, 2.45) is 5.92 Å². The van der Waals surface area contributed by atoms with Crippen molar-refractivity contribution in [1.82, 2.24) is 19.9 Å². The third-order valence-electron chi connectivity index (χ3n) is 10.3. The number of aliphatic hydroxyl groups excluding tert-OH is 1. The molecule has 4 aromatic rings. The first-order chi connectivity index (χ1) is 24.6. The molecule has 1 aliphatic carbocycles. The summed E-state index contributed by atoms with van der Waals surface area (Å²) in [5.74, 6) is 1.02. The quantitative estimate of drug-likeness (QED) is 0.0952. The van der Waals surface area contributed by atoms with Gasteiger partial charge in [0.1, 0.15) is 22.4 Å². The van der Waals surface area contributed by atoms with E-state index < -0.39 is 29.8 Å². The van der Waals surface area contributed by atoms with Crippen LogP contribution < -0.4 is 10.6 Å². The third-order valence-corrected chi connectivity index (χ3v) is 19.7. The molecule has 10 nitrogen and oxygen atoms in total. The number of rotatable bonds is 16. The van der Waals surface area contributed by atoms with E-state index in [9.17, 15) is 5.11 Å². The number of nitrogens with zero attached hydrogens (tertiary/aromatic N) is 4. The van der Waals surface area contributed by atoms with Crippen LogP contribution in [0.5, 0.6) is 0 Å². The van der Waals surface area contributed by atoms with Crippen molar-refractivity contribution in [3.8, 4) is 10.6 Å². The number of anilines is 2. The Bertz CT molecular complexity index is 1720. The van der Waals surface area contributed by atoms with Gasteiger partial charge in [-0.2, -0.15) is 4.98 Å². The lowest BCUT2D eigenvalue weighted by Gasteiger charge is -2.42. The maximum Gasteiger partial charge on any atom is 0.333 e. The molecule has 3 heterocycles. The summed E-state index contributed by atoms with van der Waals surface area (Å²) >= 11 is 1.59. The molecule has 283 valence electrons. The zero-order chi connectivity index (χ0) is 37.9. The van der Waals surface area contributed by atoms with Gasteiger partial charge in [0.05, 0.1) is 40.3 Å². The van der Waals surface area contributed by atoms with Gasteiger partial charge in [0.15, 0.2) is 0 Å². The van der Waals surface area contributed by atoms with Crippen LogP contribution in [0.15, 0.2) is 42.7 Å². The minimum Gasteiger partial charge on any atom is -0.435 e. The molecule has 0 spiro atoms. The Morgan fingerprint density at radius 3 is 2.21 bits per heavy atom. The maximum atomic E-state index is 11.8. The molecule has 5 rings (SSSR count). The maximum absolute atomic E-state index is 11.8. The van der Waals surface area contributed by atoms with E-state index in [1.807, 2.05) is 13.0 Å². The molecule has 0 saturated heterocycles. The molecule has 1 radical (unpaired) electrons. The smallest absolute Gasteiger partial charge is 0.333 e. The van der Waals surface area contributed by atoms with Crippen LogP contribution in [0, 0.1) is 19.8 Å². The number of methoxy groups -OCH3 is 1. The summed E-state index contributed by atoms with van der Waals surface area (Å²) in [6.45, 7) is 24.6. The molecule has 0 amide bonds. The van der Waals surface area contributed by atoms with Crippen molar-refractivity contribution < 1.29 is 18.4 Å². The molecule has 1 aliphatic rings. The van der Waals surface area contributed by atoms with Crippen LogP contribution in [0.25, 0.3) is 20.8 Å². The minimum atomic E-state index is -2.66. The van der Waals surface area contributed by atoms with Crippen LogP contribution >= 0.6 is 11.3 Å². The second-order valence-corrected chi connectivity index (χ2v) is 24.6. The van der Waals surface area contributed by atoms with E-state index in [0.29, 0.717) is 35.9 Å². The molecule has 5 unspecified atom stereocenters. The highest BCUT2D eigenvalue weighted by molar-refractivity contribution is 7.21. The lowest BCUT2D eigenvalue weighted by molar-refractivity contribution is -0.0205. The van der Waals surface area contributed by atoms with E-state index in [-0.39, 0.29) is 29.1 Å². The average Bonchev–Trinajstić information content (AvgIpc) is 3.64. The number of nitrogens with one attached hydrogen (secondary N) is 2. The zero-order valence-corrected chi connectivity index (χ0v) is 35.8. The lowest BCUT2D eigenvalue weighted by Crippen LogP contribution is -2.54. The number of hydrogen-bond donors (Lipinski definition) is 3. The van der Waals surface area contributed by atoms with Gasteiger partial charge < -0.3 is 29.0 Å². The van der Waals surface area contributed by atoms with Crippen LogP contribution in [0.1, 0.15) is 91.6 Å². The monoisotopic (exact) mass is 763 g/mol. The first-order valence-electron chi connectivity index (χ1n) is 18.7. The summed E-state index contributed by atoms with van der Waals surface area (Å²) in [5, 5.41) is 19.8. The van der Waals surface area contributed by atoms with Crippen molar-refractivity contribution in [3.05, 3.63) is 59.5 Å². The van der Waals surface area contributed by atoms with Crippen LogP contribution in [0.2, 0.25) is 22.2 Å². The summed E-state index contributed by atoms with van der Waals surface area (Å²) in [6, 6.07) is 10.2. The van der Waals surface area contributed by atoms with Gasteiger partial charge in [0, 0.05) is 25.8 Å². The average molecular weight is 764 g/mol.